The summed E-state index contributed by atoms with van der Waals surface area (Å²) in [5, 5.41) is 6.87. The minimum atomic E-state index is -4.69. The number of hydrogen-bond donors (Lipinski definition) is 1. The van der Waals surface area contributed by atoms with E-state index < -0.39 is 18.0 Å². The smallest absolute Gasteiger partial charge is 0.328 e. The van der Waals surface area contributed by atoms with Gasteiger partial charge in [0.25, 0.3) is 5.82 Å². The molecule has 9 heteroatoms. The van der Waals surface area contributed by atoms with Crippen LogP contribution in [-0.2, 0) is 11.0 Å². The average molecular weight is 383 g/mol. The highest BCUT2D eigenvalue weighted by atomic mass is 35.5. The Bertz CT molecular complexity index is 934. The van der Waals surface area contributed by atoms with Gasteiger partial charge in [0.1, 0.15) is 6.04 Å². The van der Waals surface area contributed by atoms with Crippen LogP contribution in [0, 0.1) is 5.92 Å². The van der Waals surface area contributed by atoms with Crippen molar-refractivity contribution in [2.75, 3.05) is 5.32 Å². The molecule has 2 atom stereocenters. The van der Waals surface area contributed by atoms with E-state index in [-0.39, 0.29) is 17.6 Å². The van der Waals surface area contributed by atoms with Gasteiger partial charge in [0.15, 0.2) is 5.78 Å². The first kappa shape index (κ1) is 17.1. The fourth-order valence-electron chi connectivity index (χ4n) is 3.51. The van der Waals surface area contributed by atoms with E-state index >= 15 is 0 Å². The number of allylic oxidation sites excluding steroid dienone is 2. The fourth-order valence-corrected chi connectivity index (χ4v) is 3.75. The molecule has 0 bridgehead atoms. The van der Waals surface area contributed by atoms with Gasteiger partial charge in [-0.05, 0) is 18.4 Å². The van der Waals surface area contributed by atoms with Gasteiger partial charge >= 0.3 is 6.18 Å². The molecule has 1 aliphatic heterocycles. The summed E-state index contributed by atoms with van der Waals surface area (Å²) >= 11 is 6.29. The first-order valence-electron chi connectivity index (χ1n) is 8.07. The number of rotatable bonds is 1. The van der Waals surface area contributed by atoms with Crippen molar-refractivity contribution in [2.45, 2.75) is 32.0 Å². The molecule has 2 aromatic rings. The minimum Gasteiger partial charge on any atom is -0.328 e. The molecule has 136 valence electrons. The second-order valence-electron chi connectivity index (χ2n) is 6.58. The molecule has 1 aromatic heterocycles. The van der Waals surface area contributed by atoms with Gasteiger partial charge in [-0.3, -0.25) is 4.79 Å². The molecular weight excluding hydrogens is 369 g/mol. The summed E-state index contributed by atoms with van der Waals surface area (Å²) in [7, 11) is 0. The van der Waals surface area contributed by atoms with Crippen LogP contribution in [0.25, 0.3) is 0 Å². The Hall–Kier alpha value is -2.35. The molecule has 0 spiro atoms. The van der Waals surface area contributed by atoms with Crippen LogP contribution in [0.1, 0.15) is 37.2 Å². The highest BCUT2D eigenvalue weighted by Gasteiger charge is 2.43. The van der Waals surface area contributed by atoms with Crippen LogP contribution in [-0.4, -0.2) is 20.5 Å². The third-order valence-corrected chi connectivity index (χ3v) is 4.92. The van der Waals surface area contributed by atoms with Crippen molar-refractivity contribution >= 4 is 23.3 Å². The topological polar surface area (TPSA) is 59.8 Å². The number of Topliss-reactive ketones (excluding diaryl/α,β-unsaturated/α-hetero) is 1. The van der Waals surface area contributed by atoms with Crippen LogP contribution in [0.3, 0.4) is 0 Å². The Morgan fingerprint density at radius 3 is 2.69 bits per heavy atom. The van der Waals surface area contributed by atoms with Gasteiger partial charge in [-0.1, -0.05) is 36.7 Å². The molecule has 0 saturated carbocycles. The Kier molecular flexibility index (Phi) is 3.83. The zero-order chi connectivity index (χ0) is 18.6. The molecule has 0 fully saturated rings. The number of benzene rings is 1. The molecule has 0 amide bonds. The van der Waals surface area contributed by atoms with Gasteiger partial charge < -0.3 is 5.32 Å². The average Bonchev–Trinajstić information content (AvgIpc) is 2.97. The number of nitrogens with one attached hydrogen (secondary N) is 1. The third-order valence-electron chi connectivity index (χ3n) is 4.58. The Labute approximate surface area is 151 Å². The van der Waals surface area contributed by atoms with E-state index in [9.17, 15) is 18.0 Å². The number of anilines is 1. The zero-order valence-electron chi connectivity index (χ0n) is 13.6. The maximum absolute atomic E-state index is 13.1. The van der Waals surface area contributed by atoms with Gasteiger partial charge in [-0.25, -0.2) is 4.68 Å². The SMILES string of the molecule is C[C@@H]1CC(=O)C2=C(C1)Nc1nc(C(F)(F)F)nn1[C@@H]2c1ccccc1Cl. The van der Waals surface area contributed by atoms with Crippen LogP contribution in [0.5, 0.6) is 0 Å². The van der Waals surface area contributed by atoms with Crippen molar-refractivity contribution in [3.05, 3.63) is 51.9 Å². The number of nitrogens with zero attached hydrogens (tertiary/aromatic N) is 3. The van der Waals surface area contributed by atoms with Crippen LogP contribution < -0.4 is 5.32 Å². The first-order valence-corrected chi connectivity index (χ1v) is 8.45. The molecule has 2 aliphatic rings. The molecule has 4 rings (SSSR count). The first-order chi connectivity index (χ1) is 12.3. The van der Waals surface area contributed by atoms with E-state index in [2.05, 4.69) is 15.4 Å². The minimum absolute atomic E-state index is 0.0390. The van der Waals surface area contributed by atoms with E-state index in [4.69, 9.17) is 11.6 Å². The summed E-state index contributed by atoms with van der Waals surface area (Å²) in [6.07, 6.45) is -3.80. The van der Waals surface area contributed by atoms with Crippen molar-refractivity contribution in [1.29, 1.82) is 0 Å². The van der Waals surface area contributed by atoms with E-state index in [1.54, 1.807) is 24.3 Å². The van der Waals surface area contributed by atoms with Crippen LogP contribution in [0.15, 0.2) is 35.5 Å². The van der Waals surface area contributed by atoms with Crippen molar-refractivity contribution in [1.82, 2.24) is 14.8 Å². The molecule has 1 aliphatic carbocycles. The van der Waals surface area contributed by atoms with E-state index in [1.165, 1.54) is 0 Å². The molecule has 1 N–H and O–H groups in total. The lowest BCUT2D eigenvalue weighted by Crippen LogP contribution is -2.33. The summed E-state index contributed by atoms with van der Waals surface area (Å²) < 4.78 is 40.5. The molecular formula is C17H14ClF3N4O. The fraction of sp³-hybridized carbons (Fsp3) is 0.353. The summed E-state index contributed by atoms with van der Waals surface area (Å²) in [5.74, 6) is -1.32. The van der Waals surface area contributed by atoms with Crippen molar-refractivity contribution < 1.29 is 18.0 Å². The second-order valence-corrected chi connectivity index (χ2v) is 6.99. The highest BCUT2D eigenvalue weighted by Crippen LogP contribution is 2.43. The lowest BCUT2D eigenvalue weighted by molar-refractivity contribution is -0.145. The van der Waals surface area contributed by atoms with Crippen LogP contribution >= 0.6 is 11.6 Å². The number of halogens is 4. The monoisotopic (exact) mass is 382 g/mol. The number of carbonyl (C=O) groups is 1. The van der Waals surface area contributed by atoms with Crippen LogP contribution in [0.4, 0.5) is 19.1 Å². The Balaban J connectivity index is 1.94. The third kappa shape index (κ3) is 2.68. The van der Waals surface area contributed by atoms with Gasteiger partial charge in [0.2, 0.25) is 5.95 Å². The molecule has 1 aromatic carbocycles. The van der Waals surface area contributed by atoms with Crippen molar-refractivity contribution in [2.24, 2.45) is 5.92 Å². The maximum Gasteiger partial charge on any atom is 0.453 e. The Morgan fingerprint density at radius 2 is 2.00 bits per heavy atom. The Morgan fingerprint density at radius 1 is 1.27 bits per heavy atom. The van der Waals surface area contributed by atoms with Gasteiger partial charge in [-0.15, -0.1) is 5.10 Å². The van der Waals surface area contributed by atoms with E-state index in [0.717, 1.165) is 4.68 Å². The number of fused-ring (bicyclic) bond motifs is 1. The second kappa shape index (κ2) is 5.84. The number of carbonyl (C=O) groups excluding carboxylic acids is 1. The maximum atomic E-state index is 13.1. The molecule has 0 radical (unpaired) electrons. The predicted octanol–water partition coefficient (Wildman–Crippen LogP) is 4.22. The zero-order valence-corrected chi connectivity index (χ0v) is 14.4. The predicted molar refractivity (Wildman–Crippen MR) is 88.7 cm³/mol. The summed E-state index contributed by atoms with van der Waals surface area (Å²) in [6, 6.07) is 5.93. The largest absolute Gasteiger partial charge is 0.453 e. The number of hydrogen-bond acceptors (Lipinski definition) is 4. The van der Waals surface area contributed by atoms with E-state index in [0.29, 0.717) is 34.7 Å². The summed E-state index contributed by atoms with van der Waals surface area (Å²) in [4.78, 5) is 16.3. The quantitative estimate of drug-likeness (QED) is 0.802. The molecule has 2 heterocycles. The normalized spacial score (nSPS) is 22.7. The number of aromatic nitrogens is 3. The molecule has 5 nitrogen and oxygen atoms in total. The number of alkyl halides is 3. The standard InChI is InChI=1S/C17H14ClF3N4O/c1-8-6-11-13(12(26)7-8)14(9-4-2-3-5-10(9)18)25-16(22-11)23-15(24-25)17(19,20)21/h2-5,8,14H,6-7H2,1H3,(H,22,23,24)/t8-,14+/m0/s1. The number of ketones is 1. The molecule has 26 heavy (non-hydrogen) atoms. The van der Waals surface area contributed by atoms with Gasteiger partial charge in [0, 0.05) is 28.3 Å². The van der Waals surface area contributed by atoms with E-state index in [1.807, 2.05) is 6.92 Å². The highest BCUT2D eigenvalue weighted by molar-refractivity contribution is 6.31. The van der Waals surface area contributed by atoms with Crippen molar-refractivity contribution in [3.8, 4) is 0 Å². The molecule has 0 saturated heterocycles. The van der Waals surface area contributed by atoms with Gasteiger partial charge in [-0.2, -0.15) is 18.2 Å². The summed E-state index contributed by atoms with van der Waals surface area (Å²) in [6.45, 7) is 1.92. The lowest BCUT2D eigenvalue weighted by Gasteiger charge is -2.34. The summed E-state index contributed by atoms with van der Waals surface area (Å²) in [5.41, 5.74) is 1.51. The molecule has 0 unspecified atom stereocenters. The van der Waals surface area contributed by atoms with Crippen LogP contribution in [0.2, 0.25) is 5.02 Å². The lowest BCUT2D eigenvalue weighted by atomic mass is 9.81. The van der Waals surface area contributed by atoms with Crippen molar-refractivity contribution in [3.63, 3.8) is 0 Å². The van der Waals surface area contributed by atoms with Gasteiger partial charge in [0.05, 0.1) is 0 Å².